The summed E-state index contributed by atoms with van der Waals surface area (Å²) in [6.45, 7) is 1.58. The number of Topliss-reactive ketones (excluding diaryl/α,β-unsaturated/α-hetero) is 2. The first-order valence-electron chi connectivity index (χ1n) is 7.22. The number of nitrogens with zero attached hydrogens (tertiary/aromatic N) is 2. The molecule has 1 aliphatic carbocycles. The van der Waals surface area contributed by atoms with Gasteiger partial charge in [-0.05, 0) is 19.1 Å². The second kappa shape index (κ2) is 4.92. The van der Waals surface area contributed by atoms with Crippen LogP contribution in [-0.4, -0.2) is 21.3 Å². The van der Waals surface area contributed by atoms with Gasteiger partial charge in [-0.1, -0.05) is 24.3 Å². The van der Waals surface area contributed by atoms with Gasteiger partial charge in [-0.15, -0.1) is 0 Å². The van der Waals surface area contributed by atoms with Crippen molar-refractivity contribution >= 4 is 11.6 Å². The Kier molecular flexibility index (Phi) is 2.96. The van der Waals surface area contributed by atoms with Gasteiger partial charge in [-0.3, -0.25) is 9.59 Å². The number of carbonyl (C=O) groups is 2. The van der Waals surface area contributed by atoms with Gasteiger partial charge in [-0.25, -0.2) is 13.5 Å². The fourth-order valence-electron chi connectivity index (χ4n) is 3.00. The van der Waals surface area contributed by atoms with Gasteiger partial charge in [0.2, 0.25) is 11.6 Å². The fourth-order valence-corrected chi connectivity index (χ4v) is 3.00. The number of hydrogen-bond acceptors (Lipinski definition) is 3. The summed E-state index contributed by atoms with van der Waals surface area (Å²) in [5.74, 6) is -2.79. The van der Waals surface area contributed by atoms with Crippen molar-refractivity contribution in [2.75, 3.05) is 0 Å². The molecule has 0 unspecified atom stereocenters. The Morgan fingerprint density at radius 2 is 1.67 bits per heavy atom. The van der Waals surface area contributed by atoms with E-state index in [1.165, 1.54) is 10.7 Å². The van der Waals surface area contributed by atoms with Gasteiger partial charge >= 0.3 is 0 Å². The maximum atomic E-state index is 14.2. The maximum Gasteiger partial charge on any atom is 0.237 e. The molecule has 0 amide bonds. The van der Waals surface area contributed by atoms with Gasteiger partial charge in [0.1, 0.15) is 11.5 Å². The zero-order chi connectivity index (χ0) is 17.0. The topological polar surface area (TPSA) is 52.0 Å². The van der Waals surface area contributed by atoms with Crippen molar-refractivity contribution in [2.24, 2.45) is 0 Å². The molecule has 24 heavy (non-hydrogen) atoms. The van der Waals surface area contributed by atoms with Crippen LogP contribution >= 0.6 is 0 Å². The van der Waals surface area contributed by atoms with E-state index in [1.807, 2.05) is 0 Å². The van der Waals surface area contributed by atoms with E-state index in [4.69, 9.17) is 0 Å². The largest absolute Gasteiger partial charge is 0.285 e. The van der Waals surface area contributed by atoms with Crippen LogP contribution in [-0.2, 0) is 0 Å². The molecule has 0 aliphatic heterocycles. The lowest BCUT2D eigenvalue weighted by Gasteiger charge is -2.17. The molecular weight excluding hydrogens is 314 g/mol. The summed E-state index contributed by atoms with van der Waals surface area (Å²) < 4.78 is 28.7. The molecule has 1 aromatic heterocycles. The molecule has 0 radical (unpaired) electrons. The average Bonchev–Trinajstić information content (AvgIpc) is 2.90. The SMILES string of the molecule is Cc1nn(-c2ccc(F)cc2F)c2c1C(=O)C(=O)c1ccccc1-2. The van der Waals surface area contributed by atoms with Gasteiger partial charge in [-0.2, -0.15) is 5.10 Å². The second-order valence-corrected chi connectivity index (χ2v) is 5.52. The van der Waals surface area contributed by atoms with Gasteiger partial charge in [0.05, 0.1) is 17.0 Å². The summed E-state index contributed by atoms with van der Waals surface area (Å²) >= 11 is 0. The number of rotatable bonds is 1. The Morgan fingerprint density at radius 3 is 2.38 bits per heavy atom. The van der Waals surface area contributed by atoms with Gasteiger partial charge in [0.15, 0.2) is 5.82 Å². The highest BCUT2D eigenvalue weighted by Gasteiger charge is 2.36. The van der Waals surface area contributed by atoms with Gasteiger partial charge < -0.3 is 0 Å². The molecule has 1 heterocycles. The van der Waals surface area contributed by atoms with Crippen LogP contribution in [0.2, 0.25) is 0 Å². The second-order valence-electron chi connectivity index (χ2n) is 5.52. The Balaban J connectivity index is 2.09. The molecule has 0 saturated carbocycles. The zero-order valence-corrected chi connectivity index (χ0v) is 12.5. The monoisotopic (exact) mass is 324 g/mol. The average molecular weight is 324 g/mol. The van der Waals surface area contributed by atoms with E-state index >= 15 is 0 Å². The van der Waals surface area contributed by atoms with Crippen molar-refractivity contribution in [3.05, 3.63) is 70.9 Å². The van der Waals surface area contributed by atoms with Crippen LogP contribution in [0.15, 0.2) is 42.5 Å². The third kappa shape index (κ3) is 1.86. The fraction of sp³-hybridized carbons (Fsp3) is 0.0556. The normalized spacial score (nSPS) is 13.0. The maximum absolute atomic E-state index is 14.2. The minimum atomic E-state index is -0.804. The van der Waals surface area contributed by atoms with Crippen LogP contribution in [0.5, 0.6) is 0 Å². The van der Waals surface area contributed by atoms with Crippen LogP contribution in [0.1, 0.15) is 26.4 Å². The van der Waals surface area contributed by atoms with Crippen molar-refractivity contribution in [3.8, 4) is 16.9 Å². The van der Waals surface area contributed by atoms with Crippen molar-refractivity contribution in [1.29, 1.82) is 0 Å². The number of benzene rings is 2. The van der Waals surface area contributed by atoms with Crippen LogP contribution in [0.25, 0.3) is 16.9 Å². The molecular formula is C18H10F2N2O2. The quantitative estimate of drug-likeness (QED) is 0.644. The molecule has 4 nitrogen and oxygen atoms in total. The van der Waals surface area contributed by atoms with E-state index in [1.54, 1.807) is 31.2 Å². The third-order valence-electron chi connectivity index (χ3n) is 4.06. The molecule has 3 aromatic rings. The van der Waals surface area contributed by atoms with Gasteiger partial charge in [0, 0.05) is 17.2 Å². The van der Waals surface area contributed by atoms with Crippen molar-refractivity contribution in [3.63, 3.8) is 0 Å². The zero-order valence-electron chi connectivity index (χ0n) is 12.5. The minimum Gasteiger partial charge on any atom is -0.285 e. The highest BCUT2D eigenvalue weighted by atomic mass is 19.1. The number of aryl methyl sites for hydroxylation is 1. The molecule has 4 rings (SSSR count). The molecule has 2 aromatic carbocycles. The van der Waals surface area contributed by atoms with Crippen LogP contribution < -0.4 is 0 Å². The number of fused-ring (bicyclic) bond motifs is 3. The molecule has 0 spiro atoms. The first-order valence-corrected chi connectivity index (χ1v) is 7.22. The lowest BCUT2D eigenvalue weighted by atomic mass is 9.87. The predicted molar refractivity (Wildman–Crippen MR) is 82.3 cm³/mol. The Morgan fingerprint density at radius 1 is 0.958 bits per heavy atom. The van der Waals surface area contributed by atoms with Crippen LogP contribution in [0.4, 0.5) is 8.78 Å². The molecule has 0 N–H and O–H groups in total. The summed E-state index contributed by atoms with van der Waals surface area (Å²) in [5, 5.41) is 4.22. The van der Waals surface area contributed by atoms with E-state index < -0.39 is 23.2 Å². The number of aromatic nitrogens is 2. The van der Waals surface area contributed by atoms with Crippen LogP contribution in [0.3, 0.4) is 0 Å². The minimum absolute atomic E-state index is 0.0118. The van der Waals surface area contributed by atoms with E-state index in [2.05, 4.69) is 5.10 Å². The highest BCUT2D eigenvalue weighted by molar-refractivity contribution is 6.53. The lowest BCUT2D eigenvalue weighted by molar-refractivity contribution is 0.0815. The summed E-state index contributed by atoms with van der Waals surface area (Å²) in [7, 11) is 0. The molecule has 1 aliphatic rings. The Labute approximate surface area is 135 Å². The van der Waals surface area contributed by atoms with Gasteiger partial charge in [0.25, 0.3) is 0 Å². The predicted octanol–water partition coefficient (Wildman–Crippen LogP) is 3.50. The van der Waals surface area contributed by atoms with E-state index in [-0.39, 0.29) is 16.8 Å². The molecule has 6 heteroatoms. The molecule has 0 fully saturated rings. The number of halogens is 2. The summed E-state index contributed by atoms with van der Waals surface area (Å²) in [5.41, 5.74) is 1.58. The van der Waals surface area contributed by atoms with Crippen molar-refractivity contribution in [2.45, 2.75) is 6.92 Å². The number of hydrogen-bond donors (Lipinski definition) is 0. The highest BCUT2D eigenvalue weighted by Crippen LogP contribution is 2.37. The Hall–Kier alpha value is -3.15. The summed E-state index contributed by atoms with van der Waals surface area (Å²) in [6.07, 6.45) is 0. The smallest absolute Gasteiger partial charge is 0.237 e. The van der Waals surface area contributed by atoms with E-state index in [9.17, 15) is 18.4 Å². The number of ketones is 2. The van der Waals surface area contributed by atoms with Crippen LogP contribution in [0, 0.1) is 18.6 Å². The Bertz CT molecular complexity index is 1040. The standard InChI is InChI=1S/C18H10F2N2O2/c1-9-15-16(11-4-2-3-5-12(11)17(23)18(15)24)22(21-9)14-7-6-10(19)8-13(14)20/h2-8H,1H3. The van der Waals surface area contributed by atoms with Crippen molar-refractivity contribution < 1.29 is 18.4 Å². The first-order chi connectivity index (χ1) is 11.5. The summed E-state index contributed by atoms with van der Waals surface area (Å²) in [4.78, 5) is 24.7. The van der Waals surface area contributed by atoms with E-state index in [0.29, 0.717) is 17.0 Å². The third-order valence-corrected chi connectivity index (χ3v) is 4.06. The summed E-state index contributed by atoms with van der Waals surface area (Å²) in [6, 6.07) is 9.72. The molecule has 0 saturated heterocycles. The molecule has 0 atom stereocenters. The van der Waals surface area contributed by atoms with Crippen molar-refractivity contribution in [1.82, 2.24) is 9.78 Å². The molecule has 118 valence electrons. The van der Waals surface area contributed by atoms with E-state index in [0.717, 1.165) is 12.1 Å². The lowest BCUT2D eigenvalue weighted by Crippen LogP contribution is -2.22. The molecule has 0 bridgehead atoms. The number of carbonyl (C=O) groups excluding carboxylic acids is 2. The first kappa shape index (κ1) is 14.4.